The molecule has 0 atom stereocenters. The van der Waals surface area contributed by atoms with Gasteiger partial charge in [-0.15, -0.1) is 0 Å². The van der Waals surface area contributed by atoms with Crippen molar-refractivity contribution in [1.82, 2.24) is 10.0 Å². The zero-order chi connectivity index (χ0) is 16.1. The second-order valence-electron chi connectivity index (χ2n) is 5.53. The molecule has 6 nitrogen and oxygen atoms in total. The molecule has 0 aliphatic heterocycles. The zero-order valence-corrected chi connectivity index (χ0v) is 13.3. The van der Waals surface area contributed by atoms with Gasteiger partial charge in [0.25, 0.3) is 5.91 Å². The van der Waals surface area contributed by atoms with Gasteiger partial charge in [0.2, 0.25) is 10.0 Å². The Kier molecular flexibility index (Phi) is 5.88. The first-order valence-corrected chi connectivity index (χ1v) is 8.19. The van der Waals surface area contributed by atoms with E-state index >= 15 is 0 Å². The largest absolute Gasteiger partial charge is 0.396 e. The Morgan fingerprint density at radius 2 is 1.81 bits per heavy atom. The lowest BCUT2D eigenvalue weighted by atomic mass is 9.95. The van der Waals surface area contributed by atoms with Crippen molar-refractivity contribution in [3.63, 3.8) is 0 Å². The Morgan fingerprint density at radius 3 is 2.29 bits per heavy atom. The number of amides is 1. The number of aliphatic hydroxyl groups excluding tert-OH is 1. The van der Waals surface area contributed by atoms with Gasteiger partial charge in [0.1, 0.15) is 0 Å². The molecule has 1 rings (SSSR count). The highest BCUT2D eigenvalue weighted by Gasteiger charge is 2.18. The first kappa shape index (κ1) is 17.6. The topological polar surface area (TPSA) is 95.5 Å². The highest BCUT2D eigenvalue weighted by atomic mass is 32.2. The normalized spacial score (nSPS) is 12.2. The van der Waals surface area contributed by atoms with E-state index in [1.54, 1.807) is 6.92 Å². The summed E-state index contributed by atoms with van der Waals surface area (Å²) in [5.74, 6) is -0.302. The van der Waals surface area contributed by atoms with E-state index in [2.05, 4.69) is 10.0 Å². The Balaban J connectivity index is 2.77. The average molecular weight is 314 g/mol. The second-order valence-corrected chi connectivity index (χ2v) is 7.30. The summed E-state index contributed by atoms with van der Waals surface area (Å²) in [6.45, 7) is 5.97. The molecule has 0 radical (unpaired) electrons. The molecule has 0 fully saturated rings. The number of hydrogen-bond acceptors (Lipinski definition) is 4. The first-order valence-electron chi connectivity index (χ1n) is 6.70. The number of benzene rings is 1. The summed E-state index contributed by atoms with van der Waals surface area (Å²) in [7, 11) is -3.51. The molecule has 0 heterocycles. The molecule has 0 bridgehead atoms. The number of carbonyl (C=O) groups is 1. The molecule has 118 valence electrons. The van der Waals surface area contributed by atoms with Crippen LogP contribution in [0.5, 0.6) is 0 Å². The summed E-state index contributed by atoms with van der Waals surface area (Å²) >= 11 is 0. The van der Waals surface area contributed by atoms with Crippen molar-refractivity contribution in [1.29, 1.82) is 0 Å². The molecule has 0 aliphatic rings. The highest BCUT2D eigenvalue weighted by molar-refractivity contribution is 7.89. The van der Waals surface area contributed by atoms with E-state index in [0.29, 0.717) is 18.7 Å². The summed E-state index contributed by atoms with van der Waals surface area (Å²) in [5, 5.41) is 11.8. The summed E-state index contributed by atoms with van der Waals surface area (Å²) in [5.41, 5.74) is -0.0246. The van der Waals surface area contributed by atoms with Gasteiger partial charge in [0, 0.05) is 30.7 Å². The van der Waals surface area contributed by atoms with Gasteiger partial charge in [-0.1, -0.05) is 20.8 Å². The maximum absolute atomic E-state index is 11.9. The Morgan fingerprint density at radius 1 is 1.24 bits per heavy atom. The van der Waals surface area contributed by atoms with Crippen LogP contribution in [0.1, 0.15) is 31.1 Å². The number of nitrogens with one attached hydrogen (secondary N) is 2. The second kappa shape index (κ2) is 7.02. The van der Waals surface area contributed by atoms with E-state index in [4.69, 9.17) is 5.11 Å². The first-order chi connectivity index (χ1) is 9.72. The smallest absolute Gasteiger partial charge is 0.251 e. The van der Waals surface area contributed by atoms with E-state index in [-0.39, 0.29) is 17.4 Å². The molecule has 0 saturated carbocycles. The van der Waals surface area contributed by atoms with Crippen molar-refractivity contribution in [2.75, 3.05) is 19.7 Å². The van der Waals surface area contributed by atoms with Crippen molar-refractivity contribution in [2.24, 2.45) is 5.41 Å². The molecule has 0 aliphatic carbocycles. The quantitative estimate of drug-likeness (QED) is 0.691. The fourth-order valence-electron chi connectivity index (χ4n) is 1.54. The molecular weight excluding hydrogens is 292 g/mol. The monoisotopic (exact) mass is 314 g/mol. The molecule has 0 saturated heterocycles. The van der Waals surface area contributed by atoms with Gasteiger partial charge in [-0.2, -0.15) is 0 Å². The predicted octanol–water partition coefficient (Wildman–Crippen LogP) is 0.733. The Hall–Kier alpha value is -1.44. The fraction of sp³-hybridized carbons (Fsp3) is 0.500. The van der Waals surface area contributed by atoms with Crippen LogP contribution in [0.4, 0.5) is 0 Å². The molecule has 3 N–H and O–H groups in total. The van der Waals surface area contributed by atoms with E-state index in [0.717, 1.165) is 0 Å². The van der Waals surface area contributed by atoms with Gasteiger partial charge in [0.05, 0.1) is 4.90 Å². The van der Waals surface area contributed by atoms with Crippen LogP contribution in [0.2, 0.25) is 0 Å². The molecule has 1 aromatic rings. The minimum Gasteiger partial charge on any atom is -0.396 e. The van der Waals surface area contributed by atoms with Crippen LogP contribution in [0.25, 0.3) is 0 Å². The van der Waals surface area contributed by atoms with Crippen LogP contribution in [0.15, 0.2) is 29.2 Å². The van der Waals surface area contributed by atoms with Gasteiger partial charge in [0.15, 0.2) is 0 Å². The van der Waals surface area contributed by atoms with Gasteiger partial charge in [-0.3, -0.25) is 4.79 Å². The molecule has 7 heteroatoms. The molecule has 1 aromatic carbocycles. The number of carbonyl (C=O) groups excluding carboxylic acids is 1. The third kappa shape index (κ3) is 5.11. The van der Waals surface area contributed by atoms with Crippen molar-refractivity contribution < 1.29 is 18.3 Å². The van der Waals surface area contributed by atoms with Gasteiger partial charge in [-0.05, 0) is 24.3 Å². The zero-order valence-electron chi connectivity index (χ0n) is 12.5. The van der Waals surface area contributed by atoms with Gasteiger partial charge < -0.3 is 10.4 Å². The van der Waals surface area contributed by atoms with E-state index < -0.39 is 15.4 Å². The van der Waals surface area contributed by atoms with Crippen molar-refractivity contribution in [2.45, 2.75) is 25.7 Å². The SMILES string of the molecule is CCNS(=O)(=O)c1ccc(C(=O)NCC(C)(C)CO)cc1. The lowest BCUT2D eigenvalue weighted by Crippen LogP contribution is -2.36. The number of aliphatic hydroxyl groups is 1. The Labute approximate surface area is 125 Å². The molecule has 0 spiro atoms. The van der Waals surface area contributed by atoms with Crippen molar-refractivity contribution in [3.8, 4) is 0 Å². The van der Waals surface area contributed by atoms with E-state index in [1.807, 2.05) is 13.8 Å². The number of sulfonamides is 1. The highest BCUT2D eigenvalue weighted by Crippen LogP contribution is 2.13. The average Bonchev–Trinajstić information content (AvgIpc) is 2.45. The van der Waals surface area contributed by atoms with Crippen molar-refractivity contribution >= 4 is 15.9 Å². The third-order valence-electron chi connectivity index (χ3n) is 2.92. The summed E-state index contributed by atoms with van der Waals surface area (Å²) in [4.78, 5) is 12.1. The number of hydrogen-bond donors (Lipinski definition) is 3. The number of rotatable bonds is 7. The maximum Gasteiger partial charge on any atom is 0.251 e. The van der Waals surface area contributed by atoms with Crippen LogP contribution < -0.4 is 10.0 Å². The lowest BCUT2D eigenvalue weighted by Gasteiger charge is -2.21. The molecule has 0 unspecified atom stereocenters. The van der Waals surface area contributed by atoms with Crippen LogP contribution >= 0.6 is 0 Å². The van der Waals surface area contributed by atoms with Gasteiger partial charge >= 0.3 is 0 Å². The molecule has 21 heavy (non-hydrogen) atoms. The summed E-state index contributed by atoms with van der Waals surface area (Å²) < 4.78 is 25.9. The van der Waals surface area contributed by atoms with E-state index in [9.17, 15) is 13.2 Å². The van der Waals surface area contributed by atoms with Crippen LogP contribution in [-0.2, 0) is 10.0 Å². The van der Waals surface area contributed by atoms with Crippen LogP contribution in [-0.4, -0.2) is 39.1 Å². The summed E-state index contributed by atoms with van der Waals surface area (Å²) in [6, 6.07) is 5.71. The minimum absolute atomic E-state index is 0.0346. The lowest BCUT2D eigenvalue weighted by molar-refractivity contribution is 0.0911. The van der Waals surface area contributed by atoms with Crippen LogP contribution in [0.3, 0.4) is 0 Å². The standard InChI is InChI=1S/C14H22N2O4S/c1-4-16-21(19,20)12-7-5-11(6-8-12)13(18)15-9-14(2,3)10-17/h5-8,16-17H,4,9-10H2,1-3H3,(H,15,18). The van der Waals surface area contributed by atoms with Crippen LogP contribution in [0, 0.1) is 5.41 Å². The predicted molar refractivity (Wildman–Crippen MR) is 80.5 cm³/mol. The van der Waals surface area contributed by atoms with Gasteiger partial charge in [-0.25, -0.2) is 13.1 Å². The van der Waals surface area contributed by atoms with E-state index in [1.165, 1.54) is 24.3 Å². The molecule has 1 amide bonds. The Bertz CT molecular complexity index is 579. The summed E-state index contributed by atoms with van der Waals surface area (Å²) in [6.07, 6.45) is 0. The minimum atomic E-state index is -3.51. The van der Waals surface area contributed by atoms with Crippen molar-refractivity contribution in [3.05, 3.63) is 29.8 Å². The maximum atomic E-state index is 11.9. The fourth-order valence-corrected chi connectivity index (χ4v) is 2.58. The molecule has 0 aromatic heterocycles. The third-order valence-corrected chi connectivity index (χ3v) is 4.48. The molecular formula is C14H22N2O4S.